The van der Waals surface area contributed by atoms with Crippen LogP contribution in [-0.2, 0) is 21.4 Å². The SMILES string of the molecule is COC(=O)c1ccc2cc[n+](CCS(=O)(=O)[O-])nc2c1. The topological polar surface area (TPSA) is 100 Å². The van der Waals surface area contributed by atoms with Gasteiger partial charge in [0, 0.05) is 16.6 Å². The van der Waals surface area contributed by atoms with Crippen LogP contribution in [0.1, 0.15) is 10.4 Å². The summed E-state index contributed by atoms with van der Waals surface area (Å²) in [7, 11) is -3.00. The molecule has 106 valence electrons. The van der Waals surface area contributed by atoms with Gasteiger partial charge in [0.1, 0.15) is 15.6 Å². The van der Waals surface area contributed by atoms with E-state index in [1.807, 2.05) is 0 Å². The number of hydrogen-bond donors (Lipinski definition) is 0. The minimum Gasteiger partial charge on any atom is -0.748 e. The van der Waals surface area contributed by atoms with Gasteiger partial charge in [-0.2, -0.15) is 0 Å². The van der Waals surface area contributed by atoms with Crippen molar-refractivity contribution in [2.24, 2.45) is 0 Å². The molecule has 2 aromatic rings. The van der Waals surface area contributed by atoms with Gasteiger partial charge in [-0.05, 0) is 12.1 Å². The zero-order valence-corrected chi connectivity index (χ0v) is 11.5. The number of benzene rings is 1. The molecule has 0 aliphatic rings. The minimum absolute atomic E-state index is 0.0375. The molecule has 1 aromatic heterocycles. The zero-order chi connectivity index (χ0) is 14.8. The van der Waals surface area contributed by atoms with Gasteiger partial charge in [-0.1, -0.05) is 10.7 Å². The largest absolute Gasteiger partial charge is 0.748 e. The van der Waals surface area contributed by atoms with Crippen molar-refractivity contribution >= 4 is 27.0 Å². The summed E-state index contributed by atoms with van der Waals surface area (Å²) in [5.41, 5.74) is 0.861. The Kier molecular flexibility index (Phi) is 3.96. The number of aromatic nitrogens is 2. The Balaban J connectivity index is 2.34. The van der Waals surface area contributed by atoms with Crippen molar-refractivity contribution in [3.05, 3.63) is 36.0 Å². The first-order valence-corrected chi connectivity index (χ1v) is 7.29. The van der Waals surface area contributed by atoms with Crippen molar-refractivity contribution < 1.29 is 27.2 Å². The summed E-state index contributed by atoms with van der Waals surface area (Å²) in [6.07, 6.45) is 1.57. The van der Waals surface area contributed by atoms with Crippen molar-refractivity contribution in [3.63, 3.8) is 0 Å². The third kappa shape index (κ3) is 3.49. The maximum atomic E-state index is 11.4. The molecule has 0 saturated heterocycles. The number of carbonyl (C=O) groups is 1. The number of carbonyl (C=O) groups excluding carboxylic acids is 1. The van der Waals surface area contributed by atoms with Crippen LogP contribution in [0.2, 0.25) is 0 Å². The predicted molar refractivity (Wildman–Crippen MR) is 67.8 cm³/mol. The molecule has 2 rings (SSSR count). The summed E-state index contributed by atoms with van der Waals surface area (Å²) >= 11 is 0. The van der Waals surface area contributed by atoms with Gasteiger partial charge in [0.25, 0.3) is 0 Å². The molecule has 1 aromatic carbocycles. The van der Waals surface area contributed by atoms with E-state index in [1.165, 1.54) is 11.8 Å². The van der Waals surface area contributed by atoms with Gasteiger partial charge in [-0.3, -0.25) is 0 Å². The molecule has 7 nitrogen and oxygen atoms in total. The summed E-state index contributed by atoms with van der Waals surface area (Å²) in [6, 6.07) is 6.59. The normalized spacial score (nSPS) is 11.5. The lowest BCUT2D eigenvalue weighted by Gasteiger charge is -2.03. The second kappa shape index (κ2) is 5.51. The van der Waals surface area contributed by atoms with Crippen LogP contribution in [0.3, 0.4) is 0 Å². The average Bonchev–Trinajstić information content (AvgIpc) is 2.42. The summed E-state index contributed by atoms with van der Waals surface area (Å²) in [5, 5.41) is 4.95. The number of esters is 1. The summed E-state index contributed by atoms with van der Waals surface area (Å²) in [5.74, 6) is -1.02. The number of hydrogen-bond acceptors (Lipinski definition) is 6. The highest BCUT2D eigenvalue weighted by atomic mass is 32.2. The lowest BCUT2D eigenvalue weighted by molar-refractivity contribution is -0.747. The van der Waals surface area contributed by atoms with Gasteiger partial charge in [-0.15, -0.1) is 0 Å². The number of nitrogens with zero attached hydrogens (tertiary/aromatic N) is 2. The highest BCUT2D eigenvalue weighted by Gasteiger charge is 2.11. The molecule has 0 unspecified atom stereocenters. The third-order valence-electron chi connectivity index (χ3n) is 2.68. The number of methoxy groups -OCH3 is 1. The fourth-order valence-corrected chi connectivity index (χ4v) is 2.09. The van der Waals surface area contributed by atoms with E-state index in [9.17, 15) is 17.8 Å². The van der Waals surface area contributed by atoms with Gasteiger partial charge in [0.05, 0.1) is 18.4 Å². The molecule has 1 heterocycles. The maximum absolute atomic E-state index is 11.4. The lowest BCUT2D eigenvalue weighted by Crippen LogP contribution is -2.40. The molecule has 0 aliphatic carbocycles. The van der Waals surface area contributed by atoms with Crippen LogP contribution in [-0.4, -0.2) is 36.9 Å². The molecule has 8 heteroatoms. The number of ether oxygens (including phenoxy) is 1. The van der Waals surface area contributed by atoms with Crippen molar-refractivity contribution in [1.82, 2.24) is 5.10 Å². The third-order valence-corrected chi connectivity index (χ3v) is 3.37. The first kappa shape index (κ1) is 14.4. The molecule has 0 atom stereocenters. The zero-order valence-electron chi connectivity index (χ0n) is 10.6. The monoisotopic (exact) mass is 296 g/mol. The van der Waals surface area contributed by atoms with Crippen LogP contribution in [0, 0.1) is 0 Å². The van der Waals surface area contributed by atoms with Gasteiger partial charge in [0.15, 0.2) is 12.7 Å². The number of fused-ring (bicyclic) bond motifs is 1. The second-order valence-corrected chi connectivity index (χ2v) is 5.63. The van der Waals surface area contributed by atoms with Crippen molar-refractivity contribution in [2.45, 2.75) is 6.54 Å². The van der Waals surface area contributed by atoms with Crippen molar-refractivity contribution in [2.75, 3.05) is 12.9 Å². The quantitative estimate of drug-likeness (QED) is 0.442. The van der Waals surface area contributed by atoms with Gasteiger partial charge in [-0.25, -0.2) is 13.2 Å². The van der Waals surface area contributed by atoms with Crippen LogP contribution >= 0.6 is 0 Å². The van der Waals surface area contributed by atoms with E-state index in [2.05, 4.69) is 9.84 Å². The Bertz CT molecular complexity index is 758. The van der Waals surface area contributed by atoms with E-state index in [-0.39, 0.29) is 6.54 Å². The first-order chi connectivity index (χ1) is 9.39. The minimum atomic E-state index is -4.29. The van der Waals surface area contributed by atoms with Gasteiger partial charge < -0.3 is 9.29 Å². The number of rotatable bonds is 4. The van der Waals surface area contributed by atoms with Crippen LogP contribution < -0.4 is 4.68 Å². The van der Waals surface area contributed by atoms with Gasteiger partial charge >= 0.3 is 5.97 Å². The molecule has 0 fully saturated rings. The fourth-order valence-electron chi connectivity index (χ4n) is 1.68. The highest BCUT2D eigenvalue weighted by Crippen LogP contribution is 2.12. The lowest BCUT2D eigenvalue weighted by atomic mass is 10.1. The van der Waals surface area contributed by atoms with Crippen molar-refractivity contribution in [3.8, 4) is 0 Å². The molecule has 20 heavy (non-hydrogen) atoms. The van der Waals surface area contributed by atoms with E-state index in [4.69, 9.17) is 0 Å². The molecule has 0 spiro atoms. The van der Waals surface area contributed by atoms with E-state index in [1.54, 1.807) is 30.5 Å². The van der Waals surface area contributed by atoms with Crippen LogP contribution in [0.15, 0.2) is 30.5 Å². The van der Waals surface area contributed by atoms with Crippen LogP contribution in [0.25, 0.3) is 10.9 Å². The fraction of sp³-hybridized carbons (Fsp3) is 0.250. The Morgan fingerprint density at radius 1 is 1.40 bits per heavy atom. The number of aryl methyl sites for hydroxylation is 1. The predicted octanol–water partition coefficient (Wildman–Crippen LogP) is -0.146. The Morgan fingerprint density at radius 2 is 2.15 bits per heavy atom. The van der Waals surface area contributed by atoms with E-state index < -0.39 is 21.8 Å². The second-order valence-electron chi connectivity index (χ2n) is 4.11. The molecule has 0 bridgehead atoms. The first-order valence-electron chi connectivity index (χ1n) is 5.71. The molecular formula is C12H12N2O5S. The van der Waals surface area contributed by atoms with Crippen LogP contribution in [0.5, 0.6) is 0 Å². The summed E-state index contributed by atoms with van der Waals surface area (Å²) < 4.78 is 37.7. The molecular weight excluding hydrogens is 284 g/mol. The van der Waals surface area contributed by atoms with Crippen LogP contribution in [0.4, 0.5) is 0 Å². The molecule has 0 radical (unpaired) electrons. The Hall–Kier alpha value is -2.06. The van der Waals surface area contributed by atoms with Gasteiger partial charge in [0.2, 0.25) is 0 Å². The smallest absolute Gasteiger partial charge is 0.337 e. The molecule has 0 saturated carbocycles. The van der Waals surface area contributed by atoms with E-state index >= 15 is 0 Å². The molecule has 0 N–H and O–H groups in total. The highest BCUT2D eigenvalue weighted by molar-refractivity contribution is 7.85. The molecule has 0 amide bonds. The Labute approximate surface area is 115 Å². The average molecular weight is 296 g/mol. The molecule has 0 aliphatic heterocycles. The summed E-state index contributed by atoms with van der Waals surface area (Å²) in [6.45, 7) is -0.0375. The maximum Gasteiger partial charge on any atom is 0.337 e. The standard InChI is InChI=1S/C12H12N2O5S/c1-19-12(15)10-3-2-9-4-5-14(13-11(9)8-10)6-7-20(16,17)18/h2-5,8H,6-7H2,1H3. The van der Waals surface area contributed by atoms with E-state index in [0.717, 1.165) is 5.39 Å². The van der Waals surface area contributed by atoms with E-state index in [0.29, 0.717) is 11.1 Å². The summed E-state index contributed by atoms with van der Waals surface area (Å²) in [4.78, 5) is 11.4. The van der Waals surface area contributed by atoms with Crippen molar-refractivity contribution in [1.29, 1.82) is 0 Å². The Morgan fingerprint density at radius 3 is 2.80 bits per heavy atom.